The Morgan fingerprint density at radius 2 is 0.611 bits per heavy atom. The third-order valence-corrected chi connectivity index (χ3v) is 11.0. The van der Waals surface area contributed by atoms with Gasteiger partial charge in [0, 0.05) is 13.1 Å². The number of rotatable bonds is 47. The van der Waals surface area contributed by atoms with Crippen LogP contribution in [0.5, 0.6) is 0 Å². The van der Waals surface area contributed by atoms with E-state index in [4.69, 9.17) is 15.2 Å². The van der Waals surface area contributed by atoms with Gasteiger partial charge in [-0.2, -0.15) is 0 Å². The van der Waals surface area contributed by atoms with Crippen LogP contribution < -0.4 is 5.73 Å². The van der Waals surface area contributed by atoms with Crippen molar-refractivity contribution in [2.75, 3.05) is 72.2 Å². The van der Waals surface area contributed by atoms with Gasteiger partial charge in [0.2, 0.25) is 0 Å². The van der Waals surface area contributed by atoms with Gasteiger partial charge in [-0.25, -0.2) is 0 Å². The van der Waals surface area contributed by atoms with E-state index in [1.165, 1.54) is 212 Å². The first kappa shape index (κ1) is 53.3. The molecule has 0 aromatic rings. The Morgan fingerprint density at radius 3 is 0.963 bits per heavy atom. The molecule has 5 heteroatoms. The fourth-order valence-corrected chi connectivity index (χ4v) is 7.24. The first-order chi connectivity index (χ1) is 26.8. The van der Waals surface area contributed by atoms with Crippen LogP contribution in [0.15, 0.2) is 24.3 Å². The minimum absolute atomic E-state index is 0.697. The first-order valence-electron chi connectivity index (χ1n) is 24.4. The molecule has 0 atom stereocenters. The number of hydrogen-bond donors (Lipinski definition) is 1. The predicted octanol–water partition coefficient (Wildman–Crippen LogP) is 13.8. The third kappa shape index (κ3) is 44.0. The van der Waals surface area contributed by atoms with Crippen LogP contribution in [0.2, 0.25) is 0 Å². The van der Waals surface area contributed by atoms with Crippen molar-refractivity contribution in [1.29, 1.82) is 0 Å². The average Bonchev–Trinajstić information content (AvgIpc) is 3.18. The number of hydrogen-bond acceptors (Lipinski definition) is 5. The Balaban J connectivity index is 3.78. The van der Waals surface area contributed by atoms with Crippen LogP contribution in [0, 0.1) is 0 Å². The third-order valence-electron chi connectivity index (χ3n) is 11.0. The summed E-state index contributed by atoms with van der Waals surface area (Å²) in [5.41, 5.74) is 5.84. The molecule has 0 aliphatic heterocycles. The molecule has 0 fully saturated rings. The molecule has 0 aromatic heterocycles. The summed E-state index contributed by atoms with van der Waals surface area (Å²) in [6, 6.07) is 0. The molecule has 0 bridgehead atoms. The summed E-state index contributed by atoms with van der Waals surface area (Å²) in [5, 5.41) is 0. The Bertz CT molecular complexity index is 670. The van der Waals surface area contributed by atoms with Crippen LogP contribution in [0.3, 0.4) is 0 Å². The van der Waals surface area contributed by atoms with E-state index < -0.39 is 0 Å². The summed E-state index contributed by atoms with van der Waals surface area (Å²) in [7, 11) is 0. The topological polar surface area (TPSA) is 51.0 Å². The number of nitrogens with zero attached hydrogens (tertiary/aromatic N) is 2. The van der Waals surface area contributed by atoms with Crippen molar-refractivity contribution in [3.8, 4) is 0 Å². The van der Waals surface area contributed by atoms with Gasteiger partial charge in [-0.05, 0) is 110 Å². The molecule has 0 aromatic carbocycles. The molecular weight excluding hydrogens is 663 g/mol. The molecule has 0 unspecified atom stereocenters. The van der Waals surface area contributed by atoms with Gasteiger partial charge in [0.05, 0.1) is 26.4 Å². The van der Waals surface area contributed by atoms with Crippen molar-refractivity contribution in [2.45, 2.75) is 220 Å². The highest BCUT2D eigenvalue weighted by atomic mass is 16.5. The zero-order chi connectivity index (χ0) is 39.1. The lowest BCUT2D eigenvalue weighted by molar-refractivity contribution is 0.0307. The van der Waals surface area contributed by atoms with Crippen molar-refractivity contribution >= 4 is 0 Å². The Morgan fingerprint density at radius 1 is 0.315 bits per heavy atom. The van der Waals surface area contributed by atoms with Gasteiger partial charge in [0.1, 0.15) is 0 Å². The van der Waals surface area contributed by atoms with E-state index in [1.807, 2.05) is 0 Å². The quantitative estimate of drug-likeness (QED) is 0.0494. The molecule has 0 amide bonds. The van der Waals surface area contributed by atoms with E-state index in [0.717, 1.165) is 45.8 Å². The fraction of sp³-hybridized carbons (Fsp3) is 0.918. The van der Waals surface area contributed by atoms with E-state index in [1.54, 1.807) is 0 Å². The lowest BCUT2D eigenvalue weighted by Crippen LogP contribution is -2.31. The molecule has 5 nitrogen and oxygen atoms in total. The van der Waals surface area contributed by atoms with E-state index in [-0.39, 0.29) is 0 Å². The molecular formula is C49H99N3O2. The maximum Gasteiger partial charge on any atom is 0.0701 e. The molecule has 0 aliphatic rings. The number of ether oxygens (including phenoxy) is 2. The lowest BCUT2D eigenvalue weighted by atomic mass is 10.1. The van der Waals surface area contributed by atoms with Crippen LogP contribution in [-0.2, 0) is 9.47 Å². The standard InChI is InChI=1S/C49H99N3O2/c1-4-7-10-12-14-16-18-20-22-24-26-28-30-32-34-36-41-51(40-9-6-3)44-46-53-48-49-54-47-45-52(43-38-39-50)42-37-35-33-31-29-27-25-23-21-19-17-15-13-11-8-5-2/h20-23H,4-19,24-50H2,1-3H3/b22-20?,23-21-. The van der Waals surface area contributed by atoms with Crippen molar-refractivity contribution in [1.82, 2.24) is 9.80 Å². The molecule has 0 spiro atoms. The molecule has 0 heterocycles. The van der Waals surface area contributed by atoms with Crippen LogP contribution >= 0.6 is 0 Å². The van der Waals surface area contributed by atoms with E-state index >= 15 is 0 Å². The van der Waals surface area contributed by atoms with Crippen molar-refractivity contribution in [3.63, 3.8) is 0 Å². The number of unbranched alkanes of at least 4 members (excludes halogenated alkanes) is 25. The van der Waals surface area contributed by atoms with Crippen molar-refractivity contribution in [2.24, 2.45) is 5.73 Å². The maximum absolute atomic E-state index is 6.01. The summed E-state index contributed by atoms with van der Waals surface area (Å²) in [6.45, 7) is 17.4. The number of allylic oxidation sites excluding steroid dienone is 4. The minimum Gasteiger partial charge on any atom is -0.378 e. The van der Waals surface area contributed by atoms with E-state index in [9.17, 15) is 0 Å². The van der Waals surface area contributed by atoms with Crippen LogP contribution in [0.25, 0.3) is 0 Å². The SMILES string of the molecule is CCCCCCCCC=CCCCCCCCCN(CCCC)CCOCCOCCN(CCCN)CCCCCCCC/C=C\CCCCCCCC. The Labute approximate surface area is 340 Å². The molecule has 54 heavy (non-hydrogen) atoms. The van der Waals surface area contributed by atoms with E-state index in [0.29, 0.717) is 13.2 Å². The first-order valence-corrected chi connectivity index (χ1v) is 24.4. The normalized spacial score (nSPS) is 12.2. The van der Waals surface area contributed by atoms with Gasteiger partial charge in [-0.1, -0.05) is 167 Å². The monoisotopic (exact) mass is 762 g/mol. The van der Waals surface area contributed by atoms with Crippen LogP contribution in [0.1, 0.15) is 220 Å². The Hall–Kier alpha value is -0.720. The second-order valence-corrected chi connectivity index (χ2v) is 16.3. The van der Waals surface area contributed by atoms with Gasteiger partial charge in [0.25, 0.3) is 0 Å². The molecule has 0 saturated heterocycles. The summed E-state index contributed by atoms with van der Waals surface area (Å²) >= 11 is 0. The van der Waals surface area contributed by atoms with Gasteiger partial charge >= 0.3 is 0 Å². The Kier molecular flexibility index (Phi) is 47.8. The summed E-state index contributed by atoms with van der Waals surface area (Å²) in [4.78, 5) is 5.19. The van der Waals surface area contributed by atoms with Crippen molar-refractivity contribution < 1.29 is 9.47 Å². The predicted molar refractivity (Wildman–Crippen MR) is 242 cm³/mol. The van der Waals surface area contributed by atoms with Gasteiger partial charge in [-0.15, -0.1) is 0 Å². The fourth-order valence-electron chi connectivity index (χ4n) is 7.24. The highest BCUT2D eigenvalue weighted by molar-refractivity contribution is 4.82. The number of nitrogens with two attached hydrogens (primary N) is 1. The van der Waals surface area contributed by atoms with E-state index in [2.05, 4.69) is 54.9 Å². The summed E-state index contributed by atoms with van der Waals surface area (Å²) in [6.07, 6.45) is 51.6. The van der Waals surface area contributed by atoms with Gasteiger partial charge in [-0.3, -0.25) is 0 Å². The van der Waals surface area contributed by atoms with Gasteiger partial charge < -0.3 is 25.0 Å². The van der Waals surface area contributed by atoms with Gasteiger partial charge in [0.15, 0.2) is 0 Å². The largest absolute Gasteiger partial charge is 0.378 e. The second kappa shape index (κ2) is 48.4. The van der Waals surface area contributed by atoms with Crippen molar-refractivity contribution in [3.05, 3.63) is 24.3 Å². The van der Waals surface area contributed by atoms with Crippen LogP contribution in [0.4, 0.5) is 0 Å². The molecule has 2 N–H and O–H groups in total. The molecule has 322 valence electrons. The molecule has 0 rings (SSSR count). The summed E-state index contributed by atoms with van der Waals surface area (Å²) < 4.78 is 12.0. The summed E-state index contributed by atoms with van der Waals surface area (Å²) in [5.74, 6) is 0. The average molecular weight is 762 g/mol. The molecule has 0 saturated carbocycles. The highest BCUT2D eigenvalue weighted by Gasteiger charge is 2.06. The molecule has 0 radical (unpaired) electrons. The zero-order valence-corrected chi connectivity index (χ0v) is 37.3. The minimum atomic E-state index is 0.697. The van der Waals surface area contributed by atoms with Crippen LogP contribution in [-0.4, -0.2) is 82.0 Å². The smallest absolute Gasteiger partial charge is 0.0701 e. The lowest BCUT2D eigenvalue weighted by Gasteiger charge is -2.22. The molecule has 0 aliphatic carbocycles. The highest BCUT2D eigenvalue weighted by Crippen LogP contribution is 2.12. The second-order valence-electron chi connectivity index (χ2n) is 16.3. The maximum atomic E-state index is 6.01. The zero-order valence-electron chi connectivity index (χ0n) is 37.3.